The molecule has 0 bridgehead atoms. The fraction of sp³-hybridized carbons (Fsp3) is 0.400. The van der Waals surface area contributed by atoms with Crippen molar-refractivity contribution in [2.45, 2.75) is 36.5 Å². The van der Waals surface area contributed by atoms with Gasteiger partial charge in [0.1, 0.15) is 11.5 Å². The van der Waals surface area contributed by atoms with Crippen molar-refractivity contribution in [1.82, 2.24) is 0 Å². The van der Waals surface area contributed by atoms with Crippen LogP contribution in [-0.2, 0) is 25.3 Å². The normalized spacial score (nSPS) is 32.7. The van der Waals surface area contributed by atoms with Gasteiger partial charge in [0.25, 0.3) is 0 Å². The smallest absolute Gasteiger partial charge is 0.324 e. The molecule has 2 aliphatic rings. The highest BCUT2D eigenvalue weighted by molar-refractivity contribution is 7.86. The molecule has 0 aliphatic carbocycles. The molecule has 0 saturated heterocycles. The van der Waals surface area contributed by atoms with Crippen LogP contribution in [0.4, 0.5) is 5.69 Å². The molecule has 10 heteroatoms. The van der Waals surface area contributed by atoms with Crippen LogP contribution in [0, 0.1) is 0 Å². The zero-order valence-electron chi connectivity index (χ0n) is 16.9. The van der Waals surface area contributed by atoms with E-state index in [-0.39, 0.29) is 5.75 Å². The van der Waals surface area contributed by atoms with E-state index in [1.807, 2.05) is 0 Å². The van der Waals surface area contributed by atoms with Gasteiger partial charge in [0.05, 0.1) is 5.69 Å². The first kappa shape index (κ1) is 20.9. The molecular formula is C20H23NO8S. The summed E-state index contributed by atoms with van der Waals surface area (Å²) in [6.45, 7) is 2.93. The molecule has 4 unspecified atom stereocenters. The molecule has 2 aromatic carbocycles. The van der Waals surface area contributed by atoms with Crippen LogP contribution >= 0.6 is 0 Å². The summed E-state index contributed by atoms with van der Waals surface area (Å²) in [7, 11) is -2.10. The van der Waals surface area contributed by atoms with Gasteiger partial charge in [-0.2, -0.15) is 8.42 Å². The lowest BCUT2D eigenvalue weighted by Crippen LogP contribution is -2.76. The van der Waals surface area contributed by atoms with Gasteiger partial charge in [0.15, 0.2) is 5.60 Å². The number of hydrogen-bond donors (Lipinski definition) is 2. The molecule has 0 radical (unpaired) electrons. The van der Waals surface area contributed by atoms with Crippen LogP contribution in [-0.4, -0.2) is 49.2 Å². The number of benzene rings is 2. The molecule has 0 aromatic heterocycles. The standard InChI is InChI=1S/C20H23NO8S/c1-18(22)19(2,26-3)29-15-11-7-5-9-13(15)20(18,27-4)21-14-10-6-8-12-16(14)28-17(21)30(23,24)25/h5-12,17,22H,1-4H3,(H,23,24,25). The number of para-hydroxylation sites is 3. The molecular weight excluding hydrogens is 414 g/mol. The lowest BCUT2D eigenvalue weighted by molar-refractivity contribution is -0.332. The number of fused-ring (bicyclic) bond motifs is 2. The van der Waals surface area contributed by atoms with E-state index in [1.165, 1.54) is 33.0 Å². The highest BCUT2D eigenvalue weighted by Gasteiger charge is 2.71. The lowest BCUT2D eigenvalue weighted by atomic mass is 9.75. The fourth-order valence-corrected chi connectivity index (χ4v) is 5.02. The van der Waals surface area contributed by atoms with Crippen LogP contribution in [0.25, 0.3) is 0 Å². The molecule has 2 heterocycles. The summed E-state index contributed by atoms with van der Waals surface area (Å²) in [5.41, 5.74) is -5.13. The van der Waals surface area contributed by atoms with E-state index in [0.29, 0.717) is 17.0 Å². The summed E-state index contributed by atoms with van der Waals surface area (Å²) < 4.78 is 57.8. The van der Waals surface area contributed by atoms with Crippen molar-refractivity contribution in [2.75, 3.05) is 19.1 Å². The number of aliphatic hydroxyl groups is 1. The van der Waals surface area contributed by atoms with Crippen LogP contribution in [0.15, 0.2) is 48.5 Å². The van der Waals surface area contributed by atoms with Gasteiger partial charge in [-0.1, -0.05) is 30.3 Å². The van der Waals surface area contributed by atoms with Gasteiger partial charge in [-0.05, 0) is 25.1 Å². The SMILES string of the molecule is COC1(C)Oc2ccccc2C(OC)(N2c3ccccc3OC2S(=O)(=O)O)C1(C)O. The van der Waals surface area contributed by atoms with Crippen LogP contribution in [0.1, 0.15) is 19.4 Å². The Labute approximate surface area is 174 Å². The number of rotatable bonds is 4. The molecule has 0 saturated carbocycles. The third-order valence-corrected chi connectivity index (χ3v) is 6.76. The van der Waals surface area contributed by atoms with E-state index in [0.717, 1.165) is 0 Å². The number of anilines is 1. The summed E-state index contributed by atoms with van der Waals surface area (Å²) in [5.74, 6) is -1.14. The highest BCUT2D eigenvalue weighted by atomic mass is 32.2. The Morgan fingerprint density at radius 2 is 1.60 bits per heavy atom. The average Bonchev–Trinajstić information content (AvgIpc) is 3.10. The predicted molar refractivity (Wildman–Crippen MR) is 107 cm³/mol. The first-order valence-electron chi connectivity index (χ1n) is 9.16. The third kappa shape index (κ3) is 2.51. The Kier molecular flexibility index (Phi) is 4.57. The second kappa shape index (κ2) is 6.56. The molecule has 2 aromatic rings. The molecule has 0 amide bonds. The van der Waals surface area contributed by atoms with E-state index in [1.54, 1.807) is 48.5 Å². The minimum absolute atomic E-state index is 0.204. The molecule has 0 fully saturated rings. The van der Waals surface area contributed by atoms with Gasteiger partial charge >= 0.3 is 15.7 Å². The van der Waals surface area contributed by atoms with Crippen molar-refractivity contribution in [3.63, 3.8) is 0 Å². The van der Waals surface area contributed by atoms with Crippen LogP contribution in [0.5, 0.6) is 11.5 Å². The second-order valence-corrected chi connectivity index (χ2v) is 8.88. The van der Waals surface area contributed by atoms with Crippen molar-refractivity contribution in [2.24, 2.45) is 0 Å². The van der Waals surface area contributed by atoms with Crippen molar-refractivity contribution < 1.29 is 37.0 Å². The van der Waals surface area contributed by atoms with E-state index >= 15 is 0 Å². The summed E-state index contributed by atoms with van der Waals surface area (Å²) in [5, 5.41) is 11.9. The zero-order valence-corrected chi connectivity index (χ0v) is 17.7. The maximum absolute atomic E-state index is 12.4. The maximum atomic E-state index is 12.4. The summed E-state index contributed by atoms with van der Waals surface area (Å²) in [6, 6.07) is 13.2. The average molecular weight is 437 g/mol. The van der Waals surface area contributed by atoms with Gasteiger partial charge in [0.2, 0.25) is 11.5 Å². The first-order chi connectivity index (χ1) is 14.0. The number of nitrogens with zero attached hydrogens (tertiary/aromatic N) is 1. The third-order valence-electron chi connectivity index (χ3n) is 5.94. The molecule has 2 aliphatic heterocycles. The minimum Gasteiger partial charge on any atom is -0.459 e. The molecule has 4 rings (SSSR count). The predicted octanol–water partition coefficient (Wildman–Crippen LogP) is 2.06. The highest BCUT2D eigenvalue weighted by Crippen LogP contribution is 2.58. The second-order valence-electron chi connectivity index (χ2n) is 7.45. The van der Waals surface area contributed by atoms with Crippen LogP contribution < -0.4 is 14.4 Å². The Hall–Kier alpha value is -2.37. The molecule has 162 valence electrons. The van der Waals surface area contributed by atoms with E-state index in [9.17, 15) is 18.1 Å². The van der Waals surface area contributed by atoms with Crippen molar-refractivity contribution >= 4 is 15.8 Å². The fourth-order valence-electron chi connectivity index (χ4n) is 4.27. The molecule has 9 nitrogen and oxygen atoms in total. The summed E-state index contributed by atoms with van der Waals surface area (Å²) >= 11 is 0. The van der Waals surface area contributed by atoms with E-state index in [4.69, 9.17) is 18.9 Å². The van der Waals surface area contributed by atoms with Crippen molar-refractivity contribution in [1.29, 1.82) is 0 Å². The van der Waals surface area contributed by atoms with Crippen LogP contribution in [0.3, 0.4) is 0 Å². The van der Waals surface area contributed by atoms with Gasteiger partial charge in [0, 0.05) is 26.7 Å². The Morgan fingerprint density at radius 3 is 2.20 bits per heavy atom. The Morgan fingerprint density at radius 1 is 1.00 bits per heavy atom. The largest absolute Gasteiger partial charge is 0.459 e. The Bertz CT molecular complexity index is 1090. The first-order valence-corrected chi connectivity index (χ1v) is 10.7. The molecule has 2 N–H and O–H groups in total. The van der Waals surface area contributed by atoms with Gasteiger partial charge in [-0.15, -0.1) is 0 Å². The number of methoxy groups -OCH3 is 2. The Balaban J connectivity index is 2.11. The molecule has 0 spiro atoms. The molecule has 30 heavy (non-hydrogen) atoms. The lowest BCUT2D eigenvalue weighted by Gasteiger charge is -2.58. The monoisotopic (exact) mass is 437 g/mol. The van der Waals surface area contributed by atoms with Gasteiger partial charge in [-0.25, -0.2) is 0 Å². The van der Waals surface area contributed by atoms with Crippen LogP contribution in [0.2, 0.25) is 0 Å². The van der Waals surface area contributed by atoms with Gasteiger partial charge in [-0.3, -0.25) is 9.45 Å². The topological polar surface area (TPSA) is 115 Å². The number of ether oxygens (including phenoxy) is 4. The van der Waals surface area contributed by atoms with E-state index in [2.05, 4.69) is 0 Å². The van der Waals surface area contributed by atoms with Gasteiger partial charge < -0.3 is 24.1 Å². The summed E-state index contributed by atoms with van der Waals surface area (Å²) in [6.07, 6.45) is 0. The number of hydrogen-bond acceptors (Lipinski definition) is 8. The quantitative estimate of drug-likeness (QED) is 0.694. The maximum Gasteiger partial charge on any atom is 0.324 e. The minimum atomic E-state index is -4.78. The van der Waals surface area contributed by atoms with Crippen molar-refractivity contribution in [3.05, 3.63) is 54.1 Å². The summed E-state index contributed by atoms with van der Waals surface area (Å²) in [4.78, 5) is 1.20. The van der Waals surface area contributed by atoms with E-state index < -0.39 is 32.8 Å². The molecule has 4 atom stereocenters. The zero-order chi connectivity index (χ0) is 21.9. The van der Waals surface area contributed by atoms with Crippen molar-refractivity contribution in [3.8, 4) is 11.5 Å².